The van der Waals surface area contributed by atoms with Gasteiger partial charge in [0.25, 0.3) is 0 Å². The van der Waals surface area contributed by atoms with E-state index >= 15 is 0 Å². The van der Waals surface area contributed by atoms with Gasteiger partial charge in [0.15, 0.2) is 11.2 Å². The zero-order valence-corrected chi connectivity index (χ0v) is 45.2. The van der Waals surface area contributed by atoms with Crippen molar-refractivity contribution < 1.29 is 8.83 Å². The molecule has 2 heterocycles. The Morgan fingerprint density at radius 1 is 0.291 bits per heavy atom. The normalized spacial score (nSPS) is 12.8. The summed E-state index contributed by atoms with van der Waals surface area (Å²) in [5.74, 6) is 0. The van der Waals surface area contributed by atoms with E-state index in [4.69, 9.17) is 8.83 Å². The Kier molecular flexibility index (Phi) is 10.5. The van der Waals surface area contributed by atoms with Gasteiger partial charge in [-0.1, -0.05) is 159 Å². The quantitative estimate of drug-likeness (QED) is 0.152. The van der Waals surface area contributed by atoms with Crippen LogP contribution in [0.1, 0.15) is 47.2 Å². The highest BCUT2D eigenvalue weighted by atomic mass is 16.3. The van der Waals surface area contributed by atoms with Crippen LogP contribution in [-0.4, -0.2) is 0 Å². The fraction of sp³-hybridized carbons (Fsp3) is 0.0933. The summed E-state index contributed by atoms with van der Waals surface area (Å²) in [4.78, 5) is 4.75. The molecule has 0 unspecified atom stereocenters. The van der Waals surface area contributed by atoms with Crippen molar-refractivity contribution >= 4 is 99.5 Å². The maximum atomic E-state index is 7.09. The van der Waals surface area contributed by atoms with Gasteiger partial charge in [-0.05, 0) is 190 Å². The Morgan fingerprint density at radius 3 is 1.10 bits per heavy atom. The number of hydrogen-bond donors (Lipinski definition) is 0. The van der Waals surface area contributed by atoms with Crippen molar-refractivity contribution in [3.8, 4) is 33.4 Å². The lowest BCUT2D eigenvalue weighted by molar-refractivity contribution is 0.662. The van der Waals surface area contributed by atoms with E-state index < -0.39 is 0 Å². The van der Waals surface area contributed by atoms with Gasteiger partial charge in [0, 0.05) is 60.8 Å². The molecule has 0 saturated heterocycles. The smallest absolute Gasteiger partial charge is 0.159 e. The minimum Gasteiger partial charge on any atom is -0.453 e. The predicted molar refractivity (Wildman–Crippen MR) is 333 cm³/mol. The monoisotopic (exact) mass is 1020 g/mol. The molecule has 4 nitrogen and oxygen atoms in total. The number of anilines is 6. The summed E-state index contributed by atoms with van der Waals surface area (Å²) in [6, 6.07) is 84.5. The zero-order chi connectivity index (χ0) is 53.3. The van der Waals surface area contributed by atoms with Crippen molar-refractivity contribution in [3.05, 3.63) is 264 Å². The number of aryl methyl sites for hydroxylation is 4. The number of nitrogens with zero attached hydrogens (tertiary/aromatic N) is 2. The highest BCUT2D eigenvalue weighted by molar-refractivity contribution is 6.15. The molecule has 1 aliphatic rings. The van der Waals surface area contributed by atoms with Gasteiger partial charge in [0.05, 0.1) is 11.4 Å². The lowest BCUT2D eigenvalue weighted by Crippen LogP contribution is -2.15. The van der Waals surface area contributed by atoms with Crippen LogP contribution in [0.5, 0.6) is 0 Å². The first-order valence-corrected chi connectivity index (χ1v) is 27.5. The van der Waals surface area contributed by atoms with E-state index in [9.17, 15) is 0 Å². The Labute approximate surface area is 460 Å². The van der Waals surface area contributed by atoms with Crippen LogP contribution in [-0.2, 0) is 5.41 Å². The summed E-state index contributed by atoms with van der Waals surface area (Å²) in [6.45, 7) is 13.4. The largest absolute Gasteiger partial charge is 0.453 e. The Hall–Kier alpha value is -9.64. The Balaban J connectivity index is 0.844. The van der Waals surface area contributed by atoms with Gasteiger partial charge in [0.1, 0.15) is 11.2 Å². The molecule has 0 radical (unpaired) electrons. The SMILES string of the molecule is Cc1cccc(N(c2ccc3cc4c(cc3c2)C(C)(C)c2cc3cc(N(c5cccc(C)c5)c5cccc6c5oc5c(-c7ccccc7C)cccc56)ccc3cc2-4)c2cccc3c2oc2c(-c4ccccc4C)cccc23)c1. The van der Waals surface area contributed by atoms with Crippen molar-refractivity contribution in [2.45, 2.75) is 47.0 Å². The molecule has 2 aromatic heterocycles. The Bertz CT molecular complexity index is 4530. The average molecular weight is 1020 g/mol. The van der Waals surface area contributed by atoms with Gasteiger partial charge in [-0.2, -0.15) is 0 Å². The van der Waals surface area contributed by atoms with E-state index in [1.165, 1.54) is 77.2 Å². The molecule has 1 aliphatic carbocycles. The third-order valence-electron chi connectivity index (χ3n) is 17.0. The van der Waals surface area contributed by atoms with Crippen LogP contribution >= 0.6 is 0 Å². The molecule has 12 aromatic carbocycles. The topological polar surface area (TPSA) is 32.8 Å². The number of rotatable bonds is 8. The van der Waals surface area contributed by atoms with Crippen LogP contribution in [0.15, 0.2) is 239 Å². The number of hydrogen-bond acceptors (Lipinski definition) is 4. The van der Waals surface area contributed by atoms with Crippen molar-refractivity contribution in [2.75, 3.05) is 9.80 Å². The highest BCUT2D eigenvalue weighted by Crippen LogP contribution is 2.53. The van der Waals surface area contributed by atoms with E-state index in [-0.39, 0.29) is 5.41 Å². The molecule has 0 atom stereocenters. The van der Waals surface area contributed by atoms with Crippen LogP contribution < -0.4 is 9.80 Å². The van der Waals surface area contributed by atoms with Crippen LogP contribution in [0.4, 0.5) is 34.1 Å². The van der Waals surface area contributed by atoms with Crippen molar-refractivity contribution in [2.24, 2.45) is 0 Å². The first kappa shape index (κ1) is 46.6. The van der Waals surface area contributed by atoms with Crippen molar-refractivity contribution in [1.29, 1.82) is 0 Å². The molecule has 0 saturated carbocycles. The second-order valence-electron chi connectivity index (χ2n) is 22.3. The van der Waals surface area contributed by atoms with E-state index in [0.29, 0.717) is 0 Å². The minimum absolute atomic E-state index is 0.269. The molecule has 79 heavy (non-hydrogen) atoms. The van der Waals surface area contributed by atoms with Crippen LogP contribution in [0.3, 0.4) is 0 Å². The third kappa shape index (κ3) is 7.35. The second kappa shape index (κ2) is 17.7. The number of fused-ring (bicyclic) bond motifs is 11. The molecular weight excluding hydrogens is 961 g/mol. The molecular formula is C75H56N2O2. The highest BCUT2D eigenvalue weighted by Gasteiger charge is 2.36. The van der Waals surface area contributed by atoms with Gasteiger partial charge < -0.3 is 18.6 Å². The molecule has 378 valence electrons. The first-order valence-electron chi connectivity index (χ1n) is 27.5. The molecule has 0 amide bonds. The van der Waals surface area contributed by atoms with E-state index in [0.717, 1.165) is 89.1 Å². The van der Waals surface area contributed by atoms with Crippen LogP contribution in [0, 0.1) is 27.7 Å². The summed E-state index contributed by atoms with van der Waals surface area (Å²) >= 11 is 0. The van der Waals surface area contributed by atoms with Crippen LogP contribution in [0.25, 0.3) is 98.8 Å². The van der Waals surface area contributed by atoms with Gasteiger partial charge in [-0.3, -0.25) is 0 Å². The maximum absolute atomic E-state index is 7.09. The number of para-hydroxylation sites is 4. The average Bonchev–Trinajstić information content (AvgIpc) is 4.24. The minimum atomic E-state index is -0.269. The van der Waals surface area contributed by atoms with Gasteiger partial charge >= 0.3 is 0 Å². The standard InChI is InChI=1S/C75H56N2O2/c1-45-17-11-21-53(37-45)76(69-31-15-29-63-61-27-13-25-59(71(61)78-73(63)69)57-23-9-7-19-47(57)3)55-35-33-49-41-65-66-42-50-34-36-56(40-52(50)44-68(66)75(5,6)67(65)43-51(49)39-55)77(54-22-12-18-46(2)38-54)70-32-16-30-64-62-28-14-26-60(72(62)79-74(64)70)58-24-10-8-20-48(58)4/h7-44H,1-6H3. The Morgan fingerprint density at radius 2 is 0.671 bits per heavy atom. The molecule has 0 fully saturated rings. The molecule has 0 N–H and O–H groups in total. The predicted octanol–water partition coefficient (Wildman–Crippen LogP) is 21.6. The summed E-state index contributed by atoms with van der Waals surface area (Å²) in [6.07, 6.45) is 0. The summed E-state index contributed by atoms with van der Waals surface area (Å²) in [5.41, 5.74) is 24.2. The number of furan rings is 2. The lowest BCUT2D eigenvalue weighted by Gasteiger charge is -2.27. The lowest BCUT2D eigenvalue weighted by atomic mass is 9.81. The molecule has 4 heteroatoms. The van der Waals surface area contributed by atoms with E-state index in [2.05, 4.69) is 282 Å². The molecule has 0 spiro atoms. The third-order valence-corrected chi connectivity index (χ3v) is 17.0. The van der Waals surface area contributed by atoms with Crippen LogP contribution in [0.2, 0.25) is 0 Å². The fourth-order valence-electron chi connectivity index (χ4n) is 13.0. The van der Waals surface area contributed by atoms with Crippen molar-refractivity contribution in [3.63, 3.8) is 0 Å². The molecule has 0 aliphatic heterocycles. The molecule has 15 rings (SSSR count). The molecule has 14 aromatic rings. The van der Waals surface area contributed by atoms with E-state index in [1.54, 1.807) is 0 Å². The van der Waals surface area contributed by atoms with Gasteiger partial charge in [-0.15, -0.1) is 0 Å². The summed E-state index contributed by atoms with van der Waals surface area (Å²) in [7, 11) is 0. The van der Waals surface area contributed by atoms with Crippen molar-refractivity contribution in [1.82, 2.24) is 0 Å². The fourth-order valence-corrected chi connectivity index (χ4v) is 13.0. The summed E-state index contributed by atoms with van der Waals surface area (Å²) < 4.78 is 14.2. The van der Waals surface area contributed by atoms with Gasteiger partial charge in [0.2, 0.25) is 0 Å². The second-order valence-corrected chi connectivity index (χ2v) is 22.3. The van der Waals surface area contributed by atoms with Gasteiger partial charge in [-0.25, -0.2) is 0 Å². The maximum Gasteiger partial charge on any atom is 0.159 e. The molecule has 0 bridgehead atoms. The van der Waals surface area contributed by atoms with E-state index in [1.807, 2.05) is 0 Å². The zero-order valence-electron chi connectivity index (χ0n) is 45.2. The summed E-state index contributed by atoms with van der Waals surface area (Å²) in [5, 5.41) is 9.20. The first-order chi connectivity index (χ1) is 38.6. The number of benzene rings is 12.